The molecule has 2 rings (SSSR count). The van der Waals surface area contributed by atoms with Crippen molar-refractivity contribution in [3.63, 3.8) is 0 Å². The topological polar surface area (TPSA) is 124 Å². The second-order valence-corrected chi connectivity index (χ2v) is 5.79. The average molecular weight is 387 g/mol. The van der Waals surface area contributed by atoms with Crippen LogP contribution >= 0.6 is 23.2 Å². The molecular weight excluding hydrogens is 375 g/mol. The third kappa shape index (κ3) is 3.04. The molecule has 0 amide bonds. The molecule has 2 aromatic rings. The van der Waals surface area contributed by atoms with Gasteiger partial charge >= 0.3 is 5.97 Å². The number of benzene rings is 2. The zero-order chi connectivity index (χ0) is 19.0. The number of methoxy groups -OCH3 is 1. The number of halogens is 2. The van der Waals surface area contributed by atoms with Crippen LogP contribution in [-0.4, -0.2) is 39.3 Å². The molecular formula is C16H12Cl2O7. The molecule has 0 unspecified atom stereocenters. The number of ketones is 1. The Morgan fingerprint density at radius 2 is 1.48 bits per heavy atom. The summed E-state index contributed by atoms with van der Waals surface area (Å²) in [5, 5.41) is 39.2. The predicted molar refractivity (Wildman–Crippen MR) is 89.1 cm³/mol. The maximum Gasteiger partial charge on any atom is 0.338 e. The van der Waals surface area contributed by atoms with E-state index in [4.69, 9.17) is 23.2 Å². The van der Waals surface area contributed by atoms with Crippen LogP contribution in [0.4, 0.5) is 0 Å². The number of aromatic hydroxyl groups is 4. The molecule has 0 aliphatic rings. The van der Waals surface area contributed by atoms with Crippen LogP contribution in [0.3, 0.4) is 0 Å². The molecule has 4 N–H and O–H groups in total. The summed E-state index contributed by atoms with van der Waals surface area (Å²) in [4.78, 5) is 24.6. The number of phenolic OH excluding ortho intramolecular Hbond substituents is 4. The molecule has 0 saturated heterocycles. The Bertz CT molecular complexity index is 877. The molecule has 2 aromatic carbocycles. The Morgan fingerprint density at radius 1 is 0.960 bits per heavy atom. The van der Waals surface area contributed by atoms with Crippen molar-refractivity contribution in [3.05, 3.63) is 44.4 Å². The van der Waals surface area contributed by atoms with E-state index in [0.29, 0.717) is 0 Å². The van der Waals surface area contributed by atoms with Crippen LogP contribution in [0.5, 0.6) is 23.0 Å². The van der Waals surface area contributed by atoms with Crippen LogP contribution in [0.15, 0.2) is 12.1 Å². The standard InChI is InChI=1S/C16H12Cl2O7/c1-5-11(17)14(22)10(15(23)12(5)18)13(21)9-7(16(24)25-2)3-6(19)4-8(9)20/h3-4,19-20,22-23H,1-2H3. The molecule has 0 radical (unpaired) electrons. The Labute approximate surface area is 151 Å². The van der Waals surface area contributed by atoms with Gasteiger partial charge in [0.15, 0.2) is 0 Å². The second-order valence-electron chi connectivity index (χ2n) is 5.03. The van der Waals surface area contributed by atoms with Crippen molar-refractivity contribution in [3.8, 4) is 23.0 Å². The summed E-state index contributed by atoms with van der Waals surface area (Å²) in [7, 11) is 1.03. The quantitative estimate of drug-likeness (QED) is 0.471. The second kappa shape index (κ2) is 6.70. The first-order valence-corrected chi connectivity index (χ1v) is 7.45. The molecule has 0 heterocycles. The van der Waals surface area contributed by atoms with Crippen molar-refractivity contribution in [1.29, 1.82) is 0 Å². The maximum atomic E-state index is 12.8. The molecule has 0 fully saturated rings. The molecule has 7 nitrogen and oxygen atoms in total. The zero-order valence-corrected chi connectivity index (χ0v) is 14.4. The van der Waals surface area contributed by atoms with Gasteiger partial charge < -0.3 is 25.2 Å². The highest BCUT2D eigenvalue weighted by Gasteiger charge is 2.31. The molecule has 0 bridgehead atoms. The minimum atomic E-state index is -1.14. The lowest BCUT2D eigenvalue weighted by Gasteiger charge is -2.15. The van der Waals surface area contributed by atoms with Gasteiger partial charge in [0.1, 0.15) is 28.6 Å². The van der Waals surface area contributed by atoms with Gasteiger partial charge in [0, 0.05) is 6.07 Å². The summed E-state index contributed by atoms with van der Waals surface area (Å²) in [6.45, 7) is 1.41. The van der Waals surface area contributed by atoms with Gasteiger partial charge in [-0.2, -0.15) is 0 Å². The van der Waals surface area contributed by atoms with E-state index in [9.17, 15) is 30.0 Å². The zero-order valence-electron chi connectivity index (χ0n) is 12.9. The van der Waals surface area contributed by atoms with Crippen LogP contribution < -0.4 is 0 Å². The van der Waals surface area contributed by atoms with Crippen molar-refractivity contribution in [1.82, 2.24) is 0 Å². The molecule has 132 valence electrons. The first-order chi connectivity index (χ1) is 11.6. The fourth-order valence-corrected chi connectivity index (χ4v) is 2.67. The normalized spacial score (nSPS) is 10.6. The lowest BCUT2D eigenvalue weighted by Crippen LogP contribution is -2.12. The average Bonchev–Trinajstić information content (AvgIpc) is 2.56. The molecule has 0 atom stereocenters. The number of hydrogen-bond donors (Lipinski definition) is 4. The van der Waals surface area contributed by atoms with Gasteiger partial charge in [-0.25, -0.2) is 4.79 Å². The van der Waals surface area contributed by atoms with Crippen molar-refractivity contribution in [2.45, 2.75) is 6.92 Å². The van der Waals surface area contributed by atoms with Gasteiger partial charge in [0.05, 0.1) is 28.3 Å². The molecule has 25 heavy (non-hydrogen) atoms. The number of carbonyl (C=O) groups is 2. The first-order valence-electron chi connectivity index (χ1n) is 6.70. The van der Waals surface area contributed by atoms with E-state index >= 15 is 0 Å². The van der Waals surface area contributed by atoms with Gasteiger partial charge in [-0.15, -0.1) is 0 Å². The van der Waals surface area contributed by atoms with Gasteiger partial charge in [-0.05, 0) is 18.6 Å². The fourth-order valence-electron chi connectivity index (χ4n) is 2.24. The van der Waals surface area contributed by atoms with E-state index in [1.807, 2.05) is 0 Å². The number of phenols is 4. The monoisotopic (exact) mass is 386 g/mol. The first kappa shape index (κ1) is 18.7. The molecule has 0 saturated carbocycles. The van der Waals surface area contributed by atoms with Crippen LogP contribution in [0.2, 0.25) is 10.0 Å². The van der Waals surface area contributed by atoms with Crippen LogP contribution in [0, 0.1) is 6.92 Å². The van der Waals surface area contributed by atoms with Crippen molar-refractivity contribution < 1.29 is 34.8 Å². The minimum absolute atomic E-state index is 0.137. The van der Waals surface area contributed by atoms with E-state index < -0.39 is 51.4 Å². The summed E-state index contributed by atoms with van der Waals surface area (Å²) in [5.41, 5.74) is -1.65. The van der Waals surface area contributed by atoms with Crippen LogP contribution in [0.25, 0.3) is 0 Å². The van der Waals surface area contributed by atoms with E-state index in [-0.39, 0.29) is 15.6 Å². The van der Waals surface area contributed by atoms with E-state index in [2.05, 4.69) is 4.74 Å². The Morgan fingerprint density at radius 3 is 1.96 bits per heavy atom. The number of ether oxygens (including phenoxy) is 1. The SMILES string of the molecule is COC(=O)c1cc(O)cc(O)c1C(=O)c1c(O)c(Cl)c(C)c(Cl)c1O. The molecule has 0 spiro atoms. The van der Waals surface area contributed by atoms with E-state index in [1.165, 1.54) is 6.92 Å². The minimum Gasteiger partial charge on any atom is -0.508 e. The third-order valence-electron chi connectivity index (χ3n) is 3.51. The van der Waals surface area contributed by atoms with Gasteiger partial charge in [0.2, 0.25) is 5.78 Å². The van der Waals surface area contributed by atoms with Crippen molar-refractivity contribution in [2.75, 3.05) is 7.11 Å². The van der Waals surface area contributed by atoms with Gasteiger partial charge in [0.25, 0.3) is 0 Å². The number of esters is 1. The van der Waals surface area contributed by atoms with E-state index in [1.54, 1.807) is 0 Å². The highest BCUT2D eigenvalue weighted by atomic mass is 35.5. The highest BCUT2D eigenvalue weighted by molar-refractivity contribution is 6.39. The highest BCUT2D eigenvalue weighted by Crippen LogP contribution is 2.45. The lowest BCUT2D eigenvalue weighted by atomic mass is 9.94. The summed E-state index contributed by atoms with van der Waals surface area (Å²) in [5.74, 6) is -4.97. The number of rotatable bonds is 3. The Balaban J connectivity index is 2.82. The molecule has 9 heteroatoms. The van der Waals surface area contributed by atoms with Crippen LogP contribution in [-0.2, 0) is 4.74 Å². The summed E-state index contributed by atoms with van der Waals surface area (Å²) < 4.78 is 4.51. The molecule has 0 aliphatic heterocycles. The Kier molecular flexibility index (Phi) is 5.01. The maximum absolute atomic E-state index is 12.8. The number of hydrogen-bond acceptors (Lipinski definition) is 7. The summed E-state index contributed by atoms with van der Waals surface area (Å²) in [6, 6.07) is 1.70. The fraction of sp³-hybridized carbons (Fsp3) is 0.125. The van der Waals surface area contributed by atoms with Crippen molar-refractivity contribution >= 4 is 35.0 Å². The molecule has 0 aliphatic carbocycles. The summed E-state index contributed by atoms with van der Waals surface area (Å²) >= 11 is 11.8. The largest absolute Gasteiger partial charge is 0.508 e. The lowest BCUT2D eigenvalue weighted by molar-refractivity contribution is 0.0596. The Hall–Kier alpha value is -2.64. The van der Waals surface area contributed by atoms with Crippen LogP contribution in [0.1, 0.15) is 31.8 Å². The van der Waals surface area contributed by atoms with Gasteiger partial charge in [-0.3, -0.25) is 4.79 Å². The van der Waals surface area contributed by atoms with E-state index in [0.717, 1.165) is 19.2 Å². The predicted octanol–water partition coefficient (Wildman–Crippen LogP) is 3.14. The smallest absolute Gasteiger partial charge is 0.338 e. The van der Waals surface area contributed by atoms with Gasteiger partial charge in [-0.1, -0.05) is 23.2 Å². The number of carbonyl (C=O) groups excluding carboxylic acids is 2. The third-order valence-corrected chi connectivity index (χ3v) is 4.43. The summed E-state index contributed by atoms with van der Waals surface area (Å²) in [6.07, 6.45) is 0. The van der Waals surface area contributed by atoms with Crippen molar-refractivity contribution in [2.24, 2.45) is 0 Å². The molecule has 0 aromatic heterocycles.